The second-order valence-corrected chi connectivity index (χ2v) is 11.2. The fraction of sp³-hybridized carbons (Fsp3) is 0.231. The molecule has 0 spiro atoms. The topological polar surface area (TPSA) is 97.3 Å². The number of hydrogen-bond acceptors (Lipinski definition) is 7. The summed E-state index contributed by atoms with van der Waals surface area (Å²) < 4.78 is 37.8. The summed E-state index contributed by atoms with van der Waals surface area (Å²) in [5.74, 6) is 3.34. The standard InChI is InChI=1S/C26H27N3O5S2/c1-19(26(30)28-27-16-20-7-6-10-24(15-20)34-25-17-35-18-25)29(36(2,31)32)21-11-13-23(14-12-21)33-22-8-4-3-5-9-22/h3-16,19,25H,17-18H2,1-2H3,(H,28,30)/b27-16-/t19-/m0/s1. The van der Waals surface area contributed by atoms with Gasteiger partial charge in [0, 0.05) is 11.5 Å². The highest BCUT2D eigenvalue weighted by Crippen LogP contribution is 2.27. The molecule has 0 saturated carbocycles. The molecule has 4 rings (SSSR count). The maximum absolute atomic E-state index is 12.8. The van der Waals surface area contributed by atoms with Crippen molar-refractivity contribution in [3.8, 4) is 17.2 Å². The molecule has 1 fully saturated rings. The first kappa shape index (κ1) is 25.6. The molecule has 0 bridgehead atoms. The first-order valence-corrected chi connectivity index (χ1v) is 14.3. The molecule has 0 aliphatic carbocycles. The third kappa shape index (κ3) is 6.79. The second kappa shape index (κ2) is 11.5. The molecule has 8 nitrogen and oxygen atoms in total. The van der Waals surface area contributed by atoms with E-state index in [-0.39, 0.29) is 6.10 Å². The lowest BCUT2D eigenvalue weighted by molar-refractivity contribution is -0.121. The lowest BCUT2D eigenvalue weighted by atomic mass is 10.2. The summed E-state index contributed by atoms with van der Waals surface area (Å²) in [6.07, 6.45) is 2.78. The van der Waals surface area contributed by atoms with Gasteiger partial charge in [-0.05, 0) is 61.0 Å². The molecule has 1 heterocycles. The van der Waals surface area contributed by atoms with Gasteiger partial charge < -0.3 is 9.47 Å². The number of carbonyl (C=O) groups is 1. The molecular weight excluding hydrogens is 498 g/mol. The lowest BCUT2D eigenvalue weighted by Crippen LogP contribution is -2.46. The third-order valence-corrected chi connectivity index (χ3v) is 7.77. The summed E-state index contributed by atoms with van der Waals surface area (Å²) >= 11 is 1.84. The van der Waals surface area contributed by atoms with Crippen LogP contribution in [0.3, 0.4) is 0 Å². The van der Waals surface area contributed by atoms with Crippen LogP contribution in [-0.4, -0.2) is 50.4 Å². The number of hydrazone groups is 1. The van der Waals surface area contributed by atoms with Gasteiger partial charge in [-0.25, -0.2) is 13.8 Å². The molecule has 0 unspecified atom stereocenters. The van der Waals surface area contributed by atoms with Gasteiger partial charge in [0.25, 0.3) is 5.91 Å². The van der Waals surface area contributed by atoms with E-state index in [1.807, 2.05) is 66.4 Å². The van der Waals surface area contributed by atoms with Gasteiger partial charge in [-0.15, -0.1) is 0 Å². The Balaban J connectivity index is 1.41. The molecular formula is C26H27N3O5S2. The predicted molar refractivity (Wildman–Crippen MR) is 144 cm³/mol. The maximum atomic E-state index is 12.8. The number of sulfonamides is 1. The van der Waals surface area contributed by atoms with E-state index in [1.165, 1.54) is 13.1 Å². The Labute approximate surface area is 215 Å². The number of hydrogen-bond donors (Lipinski definition) is 1. The molecule has 3 aromatic carbocycles. The predicted octanol–water partition coefficient (Wildman–Crippen LogP) is 4.28. The fourth-order valence-corrected chi connectivity index (χ4v) is 5.24. The zero-order valence-electron chi connectivity index (χ0n) is 19.9. The Morgan fingerprint density at radius 3 is 2.33 bits per heavy atom. The molecule has 3 aromatic rings. The molecule has 188 valence electrons. The van der Waals surface area contributed by atoms with Gasteiger partial charge in [-0.2, -0.15) is 16.9 Å². The van der Waals surface area contributed by atoms with Gasteiger partial charge in [0.05, 0.1) is 18.2 Å². The largest absolute Gasteiger partial charge is 0.489 e. The quantitative estimate of drug-likeness (QED) is 0.314. The molecule has 1 saturated heterocycles. The molecule has 1 aliphatic rings. The van der Waals surface area contributed by atoms with Crippen LogP contribution in [0.15, 0.2) is 84.0 Å². The van der Waals surface area contributed by atoms with E-state index in [2.05, 4.69) is 10.5 Å². The van der Waals surface area contributed by atoms with E-state index in [9.17, 15) is 13.2 Å². The molecule has 36 heavy (non-hydrogen) atoms. The molecule has 0 aromatic heterocycles. The SMILES string of the molecule is C[C@@H](C(=O)N/N=C\c1cccc(OC2CSC2)c1)N(c1ccc(Oc2ccccc2)cc1)S(C)(=O)=O. The molecule has 10 heteroatoms. The Bertz CT molecular complexity index is 1310. The zero-order valence-corrected chi connectivity index (χ0v) is 21.5. The minimum Gasteiger partial charge on any atom is -0.489 e. The van der Waals surface area contributed by atoms with Gasteiger partial charge >= 0.3 is 0 Å². The Kier molecular flexibility index (Phi) is 8.17. The van der Waals surface area contributed by atoms with Crippen molar-refractivity contribution in [1.29, 1.82) is 0 Å². The average molecular weight is 526 g/mol. The number of anilines is 1. The minimum atomic E-state index is -3.76. The van der Waals surface area contributed by atoms with E-state index in [1.54, 1.807) is 24.3 Å². The average Bonchev–Trinajstić information content (AvgIpc) is 2.83. The van der Waals surface area contributed by atoms with E-state index in [4.69, 9.17) is 9.47 Å². The van der Waals surface area contributed by atoms with Gasteiger partial charge in [0.1, 0.15) is 29.4 Å². The van der Waals surface area contributed by atoms with Gasteiger partial charge in [-0.1, -0.05) is 30.3 Å². The van der Waals surface area contributed by atoms with Crippen LogP contribution in [0.2, 0.25) is 0 Å². The van der Waals surface area contributed by atoms with E-state index >= 15 is 0 Å². The number of thioether (sulfide) groups is 1. The number of amides is 1. The van der Waals surface area contributed by atoms with E-state index < -0.39 is 22.0 Å². The van der Waals surface area contributed by atoms with Crippen molar-refractivity contribution in [2.45, 2.75) is 19.1 Å². The van der Waals surface area contributed by atoms with Gasteiger partial charge in [-0.3, -0.25) is 9.10 Å². The number of para-hydroxylation sites is 1. The van der Waals surface area contributed by atoms with Crippen LogP contribution < -0.4 is 19.2 Å². The first-order valence-electron chi connectivity index (χ1n) is 11.3. The Morgan fingerprint density at radius 1 is 1.03 bits per heavy atom. The molecule has 1 N–H and O–H groups in total. The molecule has 1 amide bonds. The van der Waals surface area contributed by atoms with Crippen molar-refractivity contribution < 1.29 is 22.7 Å². The van der Waals surface area contributed by atoms with Crippen molar-refractivity contribution in [2.75, 3.05) is 22.1 Å². The van der Waals surface area contributed by atoms with Crippen molar-refractivity contribution in [1.82, 2.24) is 5.43 Å². The van der Waals surface area contributed by atoms with Crippen LogP contribution in [0.5, 0.6) is 17.2 Å². The Hall–Kier alpha value is -3.50. The summed E-state index contributed by atoms with van der Waals surface area (Å²) in [5.41, 5.74) is 3.52. The number of rotatable bonds is 10. The van der Waals surface area contributed by atoms with Crippen LogP contribution in [0.25, 0.3) is 0 Å². The van der Waals surface area contributed by atoms with Crippen LogP contribution >= 0.6 is 11.8 Å². The molecule has 1 aliphatic heterocycles. The Morgan fingerprint density at radius 2 is 1.69 bits per heavy atom. The number of ether oxygens (including phenoxy) is 2. The van der Waals surface area contributed by atoms with Crippen molar-refractivity contribution in [3.63, 3.8) is 0 Å². The van der Waals surface area contributed by atoms with E-state index in [0.29, 0.717) is 17.2 Å². The minimum absolute atomic E-state index is 0.226. The highest BCUT2D eigenvalue weighted by molar-refractivity contribution is 8.00. The number of nitrogens with zero attached hydrogens (tertiary/aromatic N) is 2. The summed E-state index contributed by atoms with van der Waals surface area (Å²) in [6.45, 7) is 1.51. The smallest absolute Gasteiger partial charge is 0.263 e. The van der Waals surface area contributed by atoms with Crippen LogP contribution in [-0.2, 0) is 14.8 Å². The molecule has 0 radical (unpaired) electrons. The number of carbonyl (C=O) groups excluding carboxylic acids is 1. The highest BCUT2D eigenvalue weighted by Gasteiger charge is 2.29. The first-order chi connectivity index (χ1) is 17.3. The molecule has 1 atom stereocenters. The van der Waals surface area contributed by atoms with Crippen molar-refractivity contribution in [2.24, 2.45) is 5.10 Å². The van der Waals surface area contributed by atoms with E-state index in [0.717, 1.165) is 33.4 Å². The van der Waals surface area contributed by atoms with Crippen molar-refractivity contribution >= 4 is 39.6 Å². The van der Waals surface area contributed by atoms with Crippen molar-refractivity contribution in [3.05, 3.63) is 84.4 Å². The monoisotopic (exact) mass is 525 g/mol. The van der Waals surface area contributed by atoms with Gasteiger partial charge in [0.15, 0.2) is 0 Å². The normalized spacial score (nSPS) is 14.6. The number of nitrogens with one attached hydrogen (secondary N) is 1. The summed E-state index contributed by atoms with van der Waals surface area (Å²) in [5, 5.41) is 4.01. The highest BCUT2D eigenvalue weighted by atomic mass is 32.2. The third-order valence-electron chi connectivity index (χ3n) is 5.32. The fourth-order valence-electron chi connectivity index (χ4n) is 3.50. The summed E-state index contributed by atoms with van der Waals surface area (Å²) in [4.78, 5) is 12.8. The number of benzene rings is 3. The summed E-state index contributed by atoms with van der Waals surface area (Å²) in [7, 11) is -3.76. The van der Waals surface area contributed by atoms with Crippen LogP contribution in [0.1, 0.15) is 12.5 Å². The van der Waals surface area contributed by atoms with Crippen LogP contribution in [0, 0.1) is 0 Å². The van der Waals surface area contributed by atoms with Gasteiger partial charge in [0.2, 0.25) is 10.0 Å². The maximum Gasteiger partial charge on any atom is 0.263 e. The summed E-state index contributed by atoms with van der Waals surface area (Å²) in [6, 6.07) is 22.1. The zero-order chi connectivity index (χ0) is 25.5. The lowest BCUT2D eigenvalue weighted by Gasteiger charge is -2.27. The second-order valence-electron chi connectivity index (χ2n) is 8.23. The van der Waals surface area contributed by atoms with Crippen LogP contribution in [0.4, 0.5) is 5.69 Å².